The number of aliphatic hydroxyl groups excluding tert-OH is 1. The Balaban J connectivity index is 2.05. The lowest BCUT2D eigenvalue weighted by Crippen LogP contribution is -2.41. The van der Waals surface area contributed by atoms with Gasteiger partial charge in [0.1, 0.15) is 0 Å². The highest BCUT2D eigenvalue weighted by Gasteiger charge is 2.17. The van der Waals surface area contributed by atoms with Gasteiger partial charge in [-0.2, -0.15) is 0 Å². The number of carbonyl (C=O) groups excluding carboxylic acids is 1. The Kier molecular flexibility index (Phi) is 5.76. The molecule has 2 amide bonds. The fourth-order valence-corrected chi connectivity index (χ4v) is 2.32. The lowest BCUT2D eigenvalue weighted by Gasteiger charge is -2.21. The van der Waals surface area contributed by atoms with Crippen LogP contribution in [-0.4, -0.2) is 33.6 Å². The zero-order valence-electron chi connectivity index (χ0n) is 13.8. The lowest BCUT2D eigenvalue weighted by atomic mass is 10.0. The molecule has 0 unspecified atom stereocenters. The quantitative estimate of drug-likeness (QED) is 0.766. The predicted octanol–water partition coefficient (Wildman–Crippen LogP) is 2.71. The summed E-state index contributed by atoms with van der Waals surface area (Å²) in [5.74, 6) is 0.772. The van der Waals surface area contributed by atoms with Gasteiger partial charge >= 0.3 is 6.03 Å². The number of hydrogen-bond acceptors (Lipinski definition) is 3. The molecule has 0 fully saturated rings. The van der Waals surface area contributed by atoms with Gasteiger partial charge in [0, 0.05) is 24.4 Å². The molecule has 0 spiro atoms. The number of nitrogens with one attached hydrogen (secondary N) is 2. The van der Waals surface area contributed by atoms with Crippen LogP contribution in [0.3, 0.4) is 0 Å². The Morgan fingerprint density at radius 3 is 2.61 bits per heavy atom. The molecule has 0 radical (unpaired) electrons. The molecule has 3 N–H and O–H groups in total. The van der Waals surface area contributed by atoms with E-state index in [-0.39, 0.29) is 24.6 Å². The first-order chi connectivity index (χ1) is 11.0. The molecule has 0 saturated heterocycles. The van der Waals surface area contributed by atoms with Crippen molar-refractivity contribution in [1.82, 2.24) is 15.1 Å². The van der Waals surface area contributed by atoms with E-state index in [0.717, 1.165) is 11.3 Å². The number of aliphatic hydroxyl groups is 1. The number of carbonyl (C=O) groups is 1. The van der Waals surface area contributed by atoms with Crippen LogP contribution in [0.5, 0.6) is 0 Å². The molecular formula is C17H24N4O2. The van der Waals surface area contributed by atoms with Crippen LogP contribution < -0.4 is 10.6 Å². The summed E-state index contributed by atoms with van der Waals surface area (Å²) in [6, 6.07) is 9.34. The number of rotatable bonds is 6. The normalized spacial score (nSPS) is 12.2. The molecule has 2 rings (SSSR count). The second-order valence-corrected chi connectivity index (χ2v) is 5.90. The van der Waals surface area contributed by atoms with E-state index in [1.54, 1.807) is 4.68 Å². The molecule has 1 aromatic carbocycles. The molecule has 0 aliphatic carbocycles. The van der Waals surface area contributed by atoms with Gasteiger partial charge in [-0.15, -0.1) is 5.10 Å². The topological polar surface area (TPSA) is 79.2 Å². The Bertz CT molecular complexity index is 637. The van der Waals surface area contributed by atoms with Crippen molar-refractivity contribution < 1.29 is 9.90 Å². The van der Waals surface area contributed by atoms with Gasteiger partial charge < -0.3 is 10.4 Å². The van der Waals surface area contributed by atoms with Crippen molar-refractivity contribution in [2.24, 2.45) is 5.92 Å². The number of amides is 2. The Morgan fingerprint density at radius 2 is 2.00 bits per heavy atom. The van der Waals surface area contributed by atoms with Gasteiger partial charge in [0.15, 0.2) is 5.82 Å². The SMILES string of the molecule is Cc1cn(-c2ccccc2)nc1NC(=O)N[C@@H](CCO)C(C)C. The molecule has 124 valence electrons. The predicted molar refractivity (Wildman–Crippen MR) is 90.8 cm³/mol. The maximum atomic E-state index is 12.1. The van der Waals surface area contributed by atoms with Gasteiger partial charge in [-0.05, 0) is 31.4 Å². The molecule has 6 heteroatoms. The highest BCUT2D eigenvalue weighted by atomic mass is 16.3. The highest BCUT2D eigenvalue weighted by molar-refractivity contribution is 5.89. The average molecular weight is 316 g/mol. The van der Waals surface area contributed by atoms with Gasteiger partial charge in [-0.25, -0.2) is 9.48 Å². The van der Waals surface area contributed by atoms with Crippen LogP contribution in [0, 0.1) is 12.8 Å². The first kappa shape index (κ1) is 17.0. The fourth-order valence-electron chi connectivity index (χ4n) is 2.32. The van der Waals surface area contributed by atoms with Crippen LogP contribution in [0.25, 0.3) is 5.69 Å². The lowest BCUT2D eigenvalue weighted by molar-refractivity contribution is 0.227. The Labute approximate surface area is 136 Å². The van der Waals surface area contributed by atoms with E-state index in [4.69, 9.17) is 5.11 Å². The van der Waals surface area contributed by atoms with Crippen LogP contribution in [-0.2, 0) is 0 Å². The van der Waals surface area contributed by atoms with E-state index in [1.165, 1.54) is 0 Å². The van der Waals surface area contributed by atoms with Crippen molar-refractivity contribution in [1.29, 1.82) is 0 Å². The van der Waals surface area contributed by atoms with Gasteiger partial charge in [0.2, 0.25) is 0 Å². The Hall–Kier alpha value is -2.34. The maximum absolute atomic E-state index is 12.1. The summed E-state index contributed by atoms with van der Waals surface area (Å²) in [7, 11) is 0. The zero-order valence-corrected chi connectivity index (χ0v) is 13.8. The standard InChI is InChI=1S/C17H24N4O2/c1-12(2)15(9-10-22)18-17(23)19-16-13(3)11-21(20-16)14-7-5-4-6-8-14/h4-8,11-12,15,22H,9-10H2,1-3H3,(H2,18,19,20,23)/t15-/m0/s1. The zero-order chi connectivity index (χ0) is 16.8. The third-order valence-corrected chi connectivity index (χ3v) is 3.71. The average Bonchev–Trinajstić information content (AvgIpc) is 2.88. The minimum absolute atomic E-state index is 0.0464. The number of hydrogen-bond donors (Lipinski definition) is 3. The summed E-state index contributed by atoms with van der Waals surface area (Å²) in [6.07, 6.45) is 2.40. The fraction of sp³-hybridized carbons (Fsp3) is 0.412. The van der Waals surface area contributed by atoms with E-state index < -0.39 is 0 Å². The van der Waals surface area contributed by atoms with Gasteiger partial charge in [0.25, 0.3) is 0 Å². The Morgan fingerprint density at radius 1 is 1.30 bits per heavy atom. The number of urea groups is 1. The smallest absolute Gasteiger partial charge is 0.320 e. The summed E-state index contributed by atoms with van der Waals surface area (Å²) in [4.78, 5) is 12.1. The van der Waals surface area contributed by atoms with Crippen LogP contribution in [0.1, 0.15) is 25.8 Å². The molecule has 1 aromatic heterocycles. The summed E-state index contributed by atoms with van der Waals surface area (Å²) < 4.78 is 1.73. The van der Waals surface area contributed by atoms with E-state index >= 15 is 0 Å². The first-order valence-corrected chi connectivity index (χ1v) is 7.81. The van der Waals surface area contributed by atoms with Crippen molar-refractivity contribution >= 4 is 11.8 Å². The third kappa shape index (κ3) is 4.56. The summed E-state index contributed by atoms with van der Waals surface area (Å²) in [6.45, 7) is 5.96. The van der Waals surface area contributed by atoms with Crippen molar-refractivity contribution in [3.8, 4) is 5.69 Å². The molecule has 23 heavy (non-hydrogen) atoms. The number of nitrogens with zero attached hydrogens (tertiary/aromatic N) is 2. The van der Waals surface area contributed by atoms with Crippen molar-refractivity contribution in [2.75, 3.05) is 11.9 Å². The van der Waals surface area contributed by atoms with Crippen LogP contribution in [0.15, 0.2) is 36.5 Å². The molecule has 6 nitrogen and oxygen atoms in total. The summed E-state index contributed by atoms with van der Waals surface area (Å²) in [5.41, 5.74) is 1.82. The van der Waals surface area contributed by atoms with Gasteiger partial charge in [-0.1, -0.05) is 32.0 Å². The van der Waals surface area contributed by atoms with Crippen molar-refractivity contribution in [3.05, 3.63) is 42.1 Å². The van der Waals surface area contributed by atoms with Crippen LogP contribution in [0.2, 0.25) is 0 Å². The van der Waals surface area contributed by atoms with Crippen LogP contribution in [0.4, 0.5) is 10.6 Å². The number of aryl methyl sites for hydroxylation is 1. The minimum atomic E-state index is -0.307. The number of anilines is 1. The minimum Gasteiger partial charge on any atom is -0.396 e. The largest absolute Gasteiger partial charge is 0.396 e. The maximum Gasteiger partial charge on any atom is 0.320 e. The second kappa shape index (κ2) is 7.78. The second-order valence-electron chi connectivity index (χ2n) is 5.90. The van der Waals surface area contributed by atoms with Crippen molar-refractivity contribution in [2.45, 2.75) is 33.2 Å². The molecular weight excluding hydrogens is 292 g/mol. The molecule has 0 aliphatic heterocycles. The van der Waals surface area contributed by atoms with E-state index in [0.29, 0.717) is 12.2 Å². The summed E-state index contributed by atoms with van der Waals surface area (Å²) in [5, 5.41) is 19.2. The third-order valence-electron chi connectivity index (χ3n) is 3.71. The van der Waals surface area contributed by atoms with Gasteiger partial charge in [0.05, 0.1) is 5.69 Å². The first-order valence-electron chi connectivity index (χ1n) is 7.81. The number of para-hydroxylation sites is 1. The molecule has 2 aromatic rings. The molecule has 0 aliphatic rings. The molecule has 0 saturated carbocycles. The monoisotopic (exact) mass is 316 g/mol. The van der Waals surface area contributed by atoms with E-state index in [2.05, 4.69) is 15.7 Å². The van der Waals surface area contributed by atoms with Crippen LogP contribution >= 0.6 is 0 Å². The number of aromatic nitrogens is 2. The molecule has 1 atom stereocenters. The van der Waals surface area contributed by atoms with E-state index in [1.807, 2.05) is 57.3 Å². The van der Waals surface area contributed by atoms with Gasteiger partial charge in [-0.3, -0.25) is 5.32 Å². The van der Waals surface area contributed by atoms with E-state index in [9.17, 15) is 4.79 Å². The number of benzene rings is 1. The summed E-state index contributed by atoms with van der Waals surface area (Å²) >= 11 is 0. The molecule has 1 heterocycles. The highest BCUT2D eigenvalue weighted by Crippen LogP contribution is 2.15. The van der Waals surface area contributed by atoms with Crippen molar-refractivity contribution in [3.63, 3.8) is 0 Å². The molecule has 0 bridgehead atoms.